The van der Waals surface area contributed by atoms with Crippen molar-refractivity contribution in [3.05, 3.63) is 52.4 Å². The molecule has 0 unspecified atom stereocenters. The number of halogens is 2. The highest BCUT2D eigenvalue weighted by atomic mass is 127. The second-order valence-electron chi connectivity index (χ2n) is 5.04. The Hall–Kier alpha value is -0.880. The summed E-state index contributed by atoms with van der Waals surface area (Å²) >= 11 is 7.31. The summed E-state index contributed by atoms with van der Waals surface area (Å²) in [6.07, 6.45) is 0. The Labute approximate surface area is 180 Å². The monoisotopic (exact) mass is 528 g/mol. The standard InChI is InChI=1S/C16H21ClN4O2S2.HI/c1-2-18-16(20-12-13-6-3-4-7-14(13)17)19-9-10-21-25(22,23)15-8-5-11-24-15;/h3-8,11,21H,2,9-10,12H2,1H3,(H2,18,19,20);1H. The summed E-state index contributed by atoms with van der Waals surface area (Å²) in [4.78, 5) is 4.46. The second kappa shape index (κ2) is 11.8. The van der Waals surface area contributed by atoms with Crippen molar-refractivity contribution >= 4 is 62.9 Å². The molecule has 26 heavy (non-hydrogen) atoms. The van der Waals surface area contributed by atoms with Crippen LogP contribution in [-0.2, 0) is 16.6 Å². The van der Waals surface area contributed by atoms with Crippen LogP contribution in [0.4, 0.5) is 0 Å². The highest BCUT2D eigenvalue weighted by molar-refractivity contribution is 14.0. The van der Waals surface area contributed by atoms with Gasteiger partial charge in [-0.15, -0.1) is 35.3 Å². The number of nitrogens with one attached hydrogen (secondary N) is 3. The normalized spacial score (nSPS) is 11.7. The third kappa shape index (κ3) is 7.39. The minimum absolute atomic E-state index is 0. The van der Waals surface area contributed by atoms with E-state index in [0.717, 1.165) is 5.56 Å². The molecule has 0 aliphatic carbocycles. The Morgan fingerprint density at radius 2 is 1.92 bits per heavy atom. The van der Waals surface area contributed by atoms with Crippen molar-refractivity contribution in [1.29, 1.82) is 0 Å². The molecule has 10 heteroatoms. The van der Waals surface area contributed by atoms with Gasteiger partial charge in [-0.25, -0.2) is 18.1 Å². The highest BCUT2D eigenvalue weighted by Gasteiger charge is 2.13. The molecule has 6 nitrogen and oxygen atoms in total. The third-order valence-electron chi connectivity index (χ3n) is 3.18. The average Bonchev–Trinajstić information content (AvgIpc) is 3.13. The Balaban J connectivity index is 0.00000338. The van der Waals surface area contributed by atoms with Gasteiger partial charge < -0.3 is 10.6 Å². The van der Waals surface area contributed by atoms with Crippen LogP contribution in [-0.4, -0.2) is 34.0 Å². The predicted molar refractivity (Wildman–Crippen MR) is 119 cm³/mol. The number of guanidine groups is 1. The molecule has 2 aromatic rings. The van der Waals surface area contributed by atoms with Gasteiger partial charge in [-0.2, -0.15) is 0 Å². The van der Waals surface area contributed by atoms with E-state index in [-0.39, 0.29) is 30.5 Å². The van der Waals surface area contributed by atoms with Gasteiger partial charge in [-0.3, -0.25) is 0 Å². The predicted octanol–water partition coefficient (Wildman–Crippen LogP) is 3.05. The van der Waals surface area contributed by atoms with Gasteiger partial charge in [0.05, 0.1) is 6.54 Å². The SMILES string of the molecule is CCNC(=NCc1ccccc1Cl)NCCNS(=O)(=O)c1cccs1.I. The van der Waals surface area contributed by atoms with Crippen LogP contribution in [0.25, 0.3) is 0 Å². The van der Waals surface area contributed by atoms with Crippen LogP contribution in [0.1, 0.15) is 12.5 Å². The lowest BCUT2D eigenvalue weighted by atomic mass is 10.2. The molecule has 2 rings (SSSR count). The number of aliphatic imine (C=N–C) groups is 1. The number of hydrogen-bond donors (Lipinski definition) is 3. The molecule has 0 bridgehead atoms. The van der Waals surface area contributed by atoms with Gasteiger partial charge in [-0.05, 0) is 30.0 Å². The number of sulfonamides is 1. The van der Waals surface area contributed by atoms with Gasteiger partial charge in [0, 0.05) is 24.7 Å². The van der Waals surface area contributed by atoms with E-state index in [1.54, 1.807) is 17.5 Å². The minimum atomic E-state index is -3.44. The van der Waals surface area contributed by atoms with Crippen LogP contribution >= 0.6 is 46.9 Å². The van der Waals surface area contributed by atoms with E-state index in [9.17, 15) is 8.42 Å². The molecule has 0 saturated carbocycles. The Morgan fingerprint density at radius 1 is 1.15 bits per heavy atom. The lowest BCUT2D eigenvalue weighted by molar-refractivity contribution is 0.582. The summed E-state index contributed by atoms with van der Waals surface area (Å²) in [6, 6.07) is 10.8. The van der Waals surface area contributed by atoms with Crippen molar-refractivity contribution in [1.82, 2.24) is 15.4 Å². The van der Waals surface area contributed by atoms with E-state index in [1.165, 1.54) is 11.3 Å². The van der Waals surface area contributed by atoms with E-state index >= 15 is 0 Å². The molecule has 144 valence electrons. The molecule has 0 amide bonds. The first kappa shape index (κ1) is 23.2. The maximum absolute atomic E-state index is 12.0. The summed E-state index contributed by atoms with van der Waals surface area (Å²) in [5.74, 6) is 0.609. The zero-order valence-corrected chi connectivity index (χ0v) is 19.0. The lowest BCUT2D eigenvalue weighted by Gasteiger charge is -2.12. The molecule has 1 aromatic heterocycles. The Bertz CT molecular complexity index is 798. The molecule has 0 fully saturated rings. The molecule has 0 atom stereocenters. The fourth-order valence-corrected chi connectivity index (χ4v) is 4.25. The topological polar surface area (TPSA) is 82.6 Å². The number of hydrogen-bond acceptors (Lipinski definition) is 4. The van der Waals surface area contributed by atoms with Crippen LogP contribution < -0.4 is 15.4 Å². The van der Waals surface area contributed by atoms with Gasteiger partial charge in [0.25, 0.3) is 0 Å². The summed E-state index contributed by atoms with van der Waals surface area (Å²) in [7, 11) is -3.44. The van der Waals surface area contributed by atoms with Crippen LogP contribution in [0.5, 0.6) is 0 Å². The van der Waals surface area contributed by atoms with Crippen molar-refractivity contribution in [2.75, 3.05) is 19.6 Å². The Kier molecular flexibility index (Phi) is 10.5. The number of thiophene rings is 1. The van der Waals surface area contributed by atoms with E-state index < -0.39 is 10.0 Å². The molecular weight excluding hydrogens is 507 g/mol. The fourth-order valence-electron chi connectivity index (χ4n) is 1.99. The summed E-state index contributed by atoms with van der Waals surface area (Å²) in [5.41, 5.74) is 0.930. The van der Waals surface area contributed by atoms with Crippen molar-refractivity contribution in [3.8, 4) is 0 Å². The average molecular weight is 529 g/mol. The molecular formula is C16H22ClIN4O2S2. The van der Waals surface area contributed by atoms with Crippen LogP contribution in [0.3, 0.4) is 0 Å². The van der Waals surface area contributed by atoms with Gasteiger partial charge in [0.15, 0.2) is 5.96 Å². The summed E-state index contributed by atoms with van der Waals surface area (Å²) in [5, 5.41) is 8.62. The Morgan fingerprint density at radius 3 is 2.58 bits per heavy atom. The first-order valence-electron chi connectivity index (χ1n) is 7.81. The number of nitrogens with zero attached hydrogens (tertiary/aromatic N) is 1. The maximum Gasteiger partial charge on any atom is 0.250 e. The van der Waals surface area contributed by atoms with Crippen LogP contribution in [0.15, 0.2) is 51.0 Å². The van der Waals surface area contributed by atoms with E-state index in [4.69, 9.17) is 11.6 Å². The van der Waals surface area contributed by atoms with Crippen LogP contribution in [0, 0.1) is 0 Å². The lowest BCUT2D eigenvalue weighted by Crippen LogP contribution is -2.41. The van der Waals surface area contributed by atoms with Gasteiger partial charge in [-0.1, -0.05) is 35.9 Å². The van der Waals surface area contributed by atoms with E-state index in [2.05, 4.69) is 20.3 Å². The van der Waals surface area contributed by atoms with Crippen molar-refractivity contribution in [2.45, 2.75) is 17.7 Å². The smallest absolute Gasteiger partial charge is 0.250 e. The van der Waals surface area contributed by atoms with E-state index in [1.807, 2.05) is 31.2 Å². The molecule has 1 heterocycles. The highest BCUT2D eigenvalue weighted by Crippen LogP contribution is 2.16. The summed E-state index contributed by atoms with van der Waals surface area (Å²) in [6.45, 7) is 3.78. The molecule has 0 saturated heterocycles. The first-order valence-corrected chi connectivity index (χ1v) is 10.6. The number of benzene rings is 1. The second-order valence-corrected chi connectivity index (χ2v) is 8.39. The van der Waals surface area contributed by atoms with Gasteiger partial charge in [0.1, 0.15) is 4.21 Å². The molecule has 3 N–H and O–H groups in total. The number of rotatable bonds is 8. The fraction of sp³-hybridized carbons (Fsp3) is 0.312. The minimum Gasteiger partial charge on any atom is -0.357 e. The summed E-state index contributed by atoms with van der Waals surface area (Å²) < 4.78 is 26.9. The largest absolute Gasteiger partial charge is 0.357 e. The molecule has 1 aromatic carbocycles. The molecule has 0 aliphatic heterocycles. The van der Waals surface area contributed by atoms with Gasteiger partial charge in [0.2, 0.25) is 10.0 Å². The maximum atomic E-state index is 12.0. The van der Waals surface area contributed by atoms with Gasteiger partial charge >= 0.3 is 0 Å². The third-order valence-corrected chi connectivity index (χ3v) is 6.41. The van der Waals surface area contributed by atoms with Crippen molar-refractivity contribution < 1.29 is 8.42 Å². The van der Waals surface area contributed by atoms with Crippen molar-refractivity contribution in [2.24, 2.45) is 4.99 Å². The van der Waals surface area contributed by atoms with Crippen LogP contribution in [0.2, 0.25) is 5.02 Å². The first-order chi connectivity index (χ1) is 12.0. The molecule has 0 radical (unpaired) electrons. The molecule has 0 spiro atoms. The van der Waals surface area contributed by atoms with Crippen molar-refractivity contribution in [3.63, 3.8) is 0 Å². The quantitative estimate of drug-likeness (QED) is 0.213. The zero-order valence-electron chi connectivity index (χ0n) is 14.2. The van der Waals surface area contributed by atoms with E-state index in [0.29, 0.717) is 34.8 Å². The molecule has 0 aliphatic rings. The zero-order chi connectivity index (χ0) is 18.1.